The Labute approximate surface area is 116 Å². The number of nitrogens with two attached hydrogens (primary N) is 1. The van der Waals surface area contributed by atoms with Gasteiger partial charge in [-0.3, -0.25) is 4.79 Å². The van der Waals surface area contributed by atoms with Gasteiger partial charge in [0.15, 0.2) is 11.5 Å². The molecule has 0 fully saturated rings. The first kappa shape index (κ1) is 13.9. The molecule has 0 radical (unpaired) electrons. The van der Waals surface area contributed by atoms with Gasteiger partial charge in [0, 0.05) is 12.8 Å². The Hall–Kier alpha value is -2.51. The maximum atomic E-state index is 11.9. The highest BCUT2D eigenvalue weighted by molar-refractivity contribution is 6.02. The minimum absolute atomic E-state index is 0.213. The fourth-order valence-corrected chi connectivity index (χ4v) is 1.58. The van der Waals surface area contributed by atoms with Crippen molar-refractivity contribution in [1.29, 1.82) is 0 Å². The number of hydrazine groups is 1. The Morgan fingerprint density at radius 2 is 1.95 bits per heavy atom. The number of hydrogen-bond acceptors (Lipinski definition) is 6. The summed E-state index contributed by atoms with van der Waals surface area (Å²) in [5, 5.41) is 10.2. The quantitative estimate of drug-likeness (QED) is 0.558. The Morgan fingerprint density at radius 3 is 2.50 bits per heavy atom. The molecular weight excluding hydrogens is 258 g/mol. The summed E-state index contributed by atoms with van der Waals surface area (Å²) in [5.74, 6) is 5.24. The van der Waals surface area contributed by atoms with Gasteiger partial charge in [0.05, 0.1) is 6.61 Å². The number of rotatable bonds is 5. The van der Waals surface area contributed by atoms with Gasteiger partial charge in [0.2, 0.25) is 0 Å². The number of amides is 1. The number of aromatic nitrogens is 2. The molecule has 0 saturated carbocycles. The topological polar surface area (TPSA) is 102 Å². The van der Waals surface area contributed by atoms with Crippen molar-refractivity contribution in [1.82, 2.24) is 10.2 Å². The molecule has 0 aliphatic rings. The predicted octanol–water partition coefficient (Wildman–Crippen LogP) is 1.16. The SMILES string of the molecule is COCc1ccc(NC(=O)c2ccc(NN)nn2)cc1. The molecule has 1 amide bonds. The van der Waals surface area contributed by atoms with Crippen molar-refractivity contribution in [2.45, 2.75) is 6.61 Å². The molecule has 20 heavy (non-hydrogen) atoms. The zero-order valence-corrected chi connectivity index (χ0v) is 11.0. The number of nitrogens with one attached hydrogen (secondary N) is 2. The molecule has 1 heterocycles. The van der Waals surface area contributed by atoms with Crippen LogP contribution in [0.15, 0.2) is 36.4 Å². The molecule has 7 heteroatoms. The zero-order chi connectivity index (χ0) is 14.4. The van der Waals surface area contributed by atoms with Gasteiger partial charge < -0.3 is 15.5 Å². The second-order valence-corrected chi connectivity index (χ2v) is 4.03. The second-order valence-electron chi connectivity index (χ2n) is 4.03. The Balaban J connectivity index is 2.02. The van der Waals surface area contributed by atoms with Crippen molar-refractivity contribution in [3.05, 3.63) is 47.7 Å². The smallest absolute Gasteiger partial charge is 0.276 e. The van der Waals surface area contributed by atoms with Crippen molar-refractivity contribution in [3.8, 4) is 0 Å². The number of carbonyl (C=O) groups is 1. The van der Waals surface area contributed by atoms with E-state index >= 15 is 0 Å². The van der Waals surface area contributed by atoms with Crippen LogP contribution in [-0.4, -0.2) is 23.2 Å². The molecule has 1 aromatic carbocycles. The lowest BCUT2D eigenvalue weighted by Gasteiger charge is -2.06. The zero-order valence-electron chi connectivity index (χ0n) is 11.0. The number of nitrogens with zero attached hydrogens (tertiary/aromatic N) is 2. The van der Waals surface area contributed by atoms with E-state index < -0.39 is 0 Å². The van der Waals surface area contributed by atoms with Crippen molar-refractivity contribution in [2.24, 2.45) is 5.84 Å². The molecule has 2 aromatic rings. The molecule has 0 spiro atoms. The average Bonchev–Trinajstić information content (AvgIpc) is 2.49. The molecule has 2 rings (SSSR count). The fraction of sp³-hybridized carbons (Fsp3) is 0.154. The number of carbonyl (C=O) groups excluding carboxylic acids is 1. The number of anilines is 2. The van der Waals surface area contributed by atoms with Gasteiger partial charge >= 0.3 is 0 Å². The minimum Gasteiger partial charge on any atom is -0.380 e. The molecule has 0 aliphatic heterocycles. The van der Waals surface area contributed by atoms with Crippen LogP contribution < -0.4 is 16.6 Å². The number of methoxy groups -OCH3 is 1. The summed E-state index contributed by atoms with van der Waals surface area (Å²) in [4.78, 5) is 11.9. The van der Waals surface area contributed by atoms with E-state index in [9.17, 15) is 4.79 Å². The summed E-state index contributed by atoms with van der Waals surface area (Å²) < 4.78 is 5.02. The van der Waals surface area contributed by atoms with Crippen LogP contribution >= 0.6 is 0 Å². The van der Waals surface area contributed by atoms with Gasteiger partial charge in [-0.15, -0.1) is 10.2 Å². The van der Waals surface area contributed by atoms with Gasteiger partial charge in [-0.25, -0.2) is 5.84 Å². The minimum atomic E-state index is -0.333. The molecular formula is C13H15N5O2. The normalized spacial score (nSPS) is 10.1. The molecule has 1 aromatic heterocycles. The van der Waals surface area contributed by atoms with E-state index in [1.807, 2.05) is 12.1 Å². The lowest BCUT2D eigenvalue weighted by Crippen LogP contribution is -2.16. The van der Waals surface area contributed by atoms with E-state index in [4.69, 9.17) is 10.6 Å². The standard InChI is InChI=1S/C13H15N5O2/c1-20-8-9-2-4-10(5-3-9)15-13(19)11-6-7-12(16-14)18-17-11/h2-7H,8,14H2,1H3,(H,15,19)(H,16,18). The molecule has 0 saturated heterocycles. The summed E-state index contributed by atoms with van der Waals surface area (Å²) in [5.41, 5.74) is 4.27. The molecule has 0 atom stereocenters. The molecule has 0 unspecified atom stereocenters. The lowest BCUT2D eigenvalue weighted by atomic mass is 10.2. The highest BCUT2D eigenvalue weighted by atomic mass is 16.5. The highest BCUT2D eigenvalue weighted by Gasteiger charge is 2.08. The number of hydrogen-bond donors (Lipinski definition) is 3. The van der Waals surface area contributed by atoms with E-state index in [-0.39, 0.29) is 11.6 Å². The number of nitrogen functional groups attached to an aromatic ring is 1. The van der Waals surface area contributed by atoms with Crippen LogP contribution in [0.1, 0.15) is 16.1 Å². The summed E-state index contributed by atoms with van der Waals surface area (Å²) in [6, 6.07) is 10.5. The molecule has 0 bridgehead atoms. The Kier molecular flexibility index (Phi) is 4.59. The average molecular weight is 273 g/mol. The van der Waals surface area contributed by atoms with Crippen LogP contribution in [0.5, 0.6) is 0 Å². The predicted molar refractivity (Wildman–Crippen MR) is 75.0 cm³/mol. The van der Waals surface area contributed by atoms with Crippen LogP contribution in [0.25, 0.3) is 0 Å². The third-order valence-corrected chi connectivity index (χ3v) is 2.57. The van der Waals surface area contributed by atoms with E-state index in [0.29, 0.717) is 18.1 Å². The maximum Gasteiger partial charge on any atom is 0.276 e. The Morgan fingerprint density at radius 1 is 1.20 bits per heavy atom. The second kappa shape index (κ2) is 6.60. The van der Waals surface area contributed by atoms with Crippen LogP contribution in [0.4, 0.5) is 11.5 Å². The van der Waals surface area contributed by atoms with Crippen molar-refractivity contribution in [3.63, 3.8) is 0 Å². The third-order valence-electron chi connectivity index (χ3n) is 2.57. The van der Waals surface area contributed by atoms with Crippen LogP contribution in [0.2, 0.25) is 0 Å². The first-order valence-electron chi connectivity index (χ1n) is 5.92. The van der Waals surface area contributed by atoms with Gasteiger partial charge in [-0.05, 0) is 29.8 Å². The van der Waals surface area contributed by atoms with E-state index in [1.54, 1.807) is 25.3 Å². The highest BCUT2D eigenvalue weighted by Crippen LogP contribution is 2.11. The van der Waals surface area contributed by atoms with Crippen LogP contribution in [-0.2, 0) is 11.3 Å². The van der Waals surface area contributed by atoms with Crippen LogP contribution in [0.3, 0.4) is 0 Å². The van der Waals surface area contributed by atoms with Gasteiger partial charge in [0.1, 0.15) is 0 Å². The first-order valence-corrected chi connectivity index (χ1v) is 5.92. The summed E-state index contributed by atoms with van der Waals surface area (Å²) in [6.07, 6.45) is 0. The molecule has 7 nitrogen and oxygen atoms in total. The van der Waals surface area contributed by atoms with Crippen molar-refractivity contribution < 1.29 is 9.53 Å². The lowest BCUT2D eigenvalue weighted by molar-refractivity contribution is 0.102. The van der Waals surface area contributed by atoms with Gasteiger partial charge in [0.25, 0.3) is 5.91 Å². The fourth-order valence-electron chi connectivity index (χ4n) is 1.58. The van der Waals surface area contributed by atoms with E-state index in [1.165, 1.54) is 6.07 Å². The molecule has 4 N–H and O–H groups in total. The number of ether oxygens (including phenoxy) is 1. The summed E-state index contributed by atoms with van der Waals surface area (Å²) >= 11 is 0. The first-order chi connectivity index (χ1) is 9.72. The van der Waals surface area contributed by atoms with Gasteiger partial charge in [-0.2, -0.15) is 0 Å². The summed E-state index contributed by atoms with van der Waals surface area (Å²) in [7, 11) is 1.63. The van der Waals surface area contributed by atoms with Crippen LogP contribution in [0, 0.1) is 0 Å². The Bertz CT molecular complexity index is 568. The monoisotopic (exact) mass is 273 g/mol. The van der Waals surface area contributed by atoms with E-state index in [0.717, 1.165) is 5.56 Å². The molecule has 0 aliphatic carbocycles. The largest absolute Gasteiger partial charge is 0.380 e. The van der Waals surface area contributed by atoms with Crippen molar-refractivity contribution >= 4 is 17.4 Å². The molecule has 104 valence electrons. The maximum absolute atomic E-state index is 11.9. The van der Waals surface area contributed by atoms with E-state index in [2.05, 4.69) is 20.9 Å². The van der Waals surface area contributed by atoms with Gasteiger partial charge in [-0.1, -0.05) is 12.1 Å². The van der Waals surface area contributed by atoms with Crippen molar-refractivity contribution in [2.75, 3.05) is 17.9 Å². The third kappa shape index (κ3) is 3.50. The summed E-state index contributed by atoms with van der Waals surface area (Å²) in [6.45, 7) is 0.535. The number of benzene rings is 1.